The molecule has 0 radical (unpaired) electrons. The van der Waals surface area contributed by atoms with E-state index in [0.717, 1.165) is 0 Å². The molecule has 0 aliphatic rings. The van der Waals surface area contributed by atoms with E-state index >= 15 is 0 Å². The van der Waals surface area contributed by atoms with Crippen LogP contribution in [0.5, 0.6) is 5.75 Å². The summed E-state index contributed by atoms with van der Waals surface area (Å²) < 4.78 is 6.77. The predicted molar refractivity (Wildman–Crippen MR) is 73.2 cm³/mol. The van der Waals surface area contributed by atoms with Crippen LogP contribution in [0.15, 0.2) is 36.4 Å². The fourth-order valence-electron chi connectivity index (χ4n) is 2.10. The summed E-state index contributed by atoms with van der Waals surface area (Å²) in [7, 11) is 3.12. The first-order valence-electron chi connectivity index (χ1n) is 6.08. The highest BCUT2D eigenvalue weighted by molar-refractivity contribution is 6.09. The smallest absolute Gasteiger partial charge is 0.309 e. The molecule has 1 aromatic carbocycles. The van der Waals surface area contributed by atoms with Crippen molar-refractivity contribution in [3.63, 3.8) is 0 Å². The van der Waals surface area contributed by atoms with Crippen molar-refractivity contribution in [2.45, 2.75) is 6.42 Å². The van der Waals surface area contributed by atoms with Crippen LogP contribution in [0.3, 0.4) is 0 Å². The molecular weight excluding hydrogens is 258 g/mol. The van der Waals surface area contributed by atoms with Gasteiger partial charge < -0.3 is 14.4 Å². The molecule has 0 saturated heterocycles. The summed E-state index contributed by atoms with van der Waals surface area (Å²) in [5.41, 5.74) is 1.41. The summed E-state index contributed by atoms with van der Waals surface area (Å²) in [5.74, 6) is -0.758. The van der Waals surface area contributed by atoms with Crippen molar-refractivity contribution in [3.05, 3.63) is 53.3 Å². The second-order valence-electron chi connectivity index (χ2n) is 4.38. The van der Waals surface area contributed by atoms with Gasteiger partial charge in [0.05, 0.1) is 13.5 Å². The molecule has 0 saturated carbocycles. The number of nitrogens with zero attached hydrogens (tertiary/aromatic N) is 1. The third-order valence-corrected chi connectivity index (χ3v) is 3.10. The minimum Gasteiger partial charge on any atom is -0.494 e. The van der Waals surface area contributed by atoms with Crippen molar-refractivity contribution in [3.8, 4) is 5.75 Å². The number of ketones is 1. The number of hydrogen-bond donors (Lipinski definition) is 1. The molecule has 1 aromatic heterocycles. The van der Waals surface area contributed by atoms with Gasteiger partial charge >= 0.3 is 5.97 Å². The quantitative estimate of drug-likeness (QED) is 0.845. The minimum absolute atomic E-state index is 0.158. The number of carboxylic acid groups (broad SMARTS) is 1. The molecule has 0 unspecified atom stereocenters. The van der Waals surface area contributed by atoms with Gasteiger partial charge in [0, 0.05) is 24.4 Å². The third-order valence-electron chi connectivity index (χ3n) is 3.10. The van der Waals surface area contributed by atoms with Gasteiger partial charge in [-0.15, -0.1) is 0 Å². The fourth-order valence-corrected chi connectivity index (χ4v) is 2.10. The lowest BCUT2D eigenvalue weighted by atomic mass is 10.1. The van der Waals surface area contributed by atoms with Crippen molar-refractivity contribution in [2.75, 3.05) is 7.11 Å². The van der Waals surface area contributed by atoms with E-state index in [1.807, 2.05) is 6.07 Å². The van der Waals surface area contributed by atoms with Crippen LogP contribution in [-0.2, 0) is 18.3 Å². The fraction of sp³-hybridized carbons (Fsp3) is 0.200. The van der Waals surface area contributed by atoms with Crippen LogP contribution in [0.4, 0.5) is 0 Å². The maximum Gasteiger partial charge on any atom is 0.309 e. The zero-order valence-electron chi connectivity index (χ0n) is 11.3. The molecule has 0 aliphatic heterocycles. The van der Waals surface area contributed by atoms with Crippen LogP contribution >= 0.6 is 0 Å². The van der Waals surface area contributed by atoms with Crippen molar-refractivity contribution in [1.29, 1.82) is 0 Å². The standard InChI is InChI=1S/C15H15NO4/c1-16-11(9-13(17)18)8-12(20-2)14(16)15(19)10-6-4-3-5-7-10/h3-8H,9H2,1-2H3,(H,17,18). The molecule has 0 spiro atoms. The van der Waals surface area contributed by atoms with Crippen LogP contribution < -0.4 is 4.74 Å². The highest BCUT2D eigenvalue weighted by atomic mass is 16.5. The lowest BCUT2D eigenvalue weighted by molar-refractivity contribution is -0.136. The van der Waals surface area contributed by atoms with Gasteiger partial charge in [-0.25, -0.2) is 0 Å². The Labute approximate surface area is 116 Å². The lowest BCUT2D eigenvalue weighted by Crippen LogP contribution is -2.12. The molecule has 0 bridgehead atoms. The van der Waals surface area contributed by atoms with Gasteiger partial charge in [-0.05, 0) is 0 Å². The molecule has 0 aliphatic carbocycles. The summed E-state index contributed by atoms with van der Waals surface area (Å²) >= 11 is 0. The van der Waals surface area contributed by atoms with E-state index in [1.165, 1.54) is 7.11 Å². The van der Waals surface area contributed by atoms with Crippen molar-refractivity contribution < 1.29 is 19.4 Å². The van der Waals surface area contributed by atoms with Gasteiger partial charge in [0.1, 0.15) is 11.4 Å². The lowest BCUT2D eigenvalue weighted by Gasteiger charge is -2.07. The zero-order chi connectivity index (χ0) is 14.7. The second-order valence-corrected chi connectivity index (χ2v) is 4.38. The molecule has 20 heavy (non-hydrogen) atoms. The molecule has 5 nitrogen and oxygen atoms in total. The highest BCUT2D eigenvalue weighted by Gasteiger charge is 2.22. The first-order chi connectivity index (χ1) is 9.54. The third kappa shape index (κ3) is 2.56. The summed E-state index contributed by atoms with van der Waals surface area (Å²) in [4.78, 5) is 23.3. The van der Waals surface area contributed by atoms with E-state index in [1.54, 1.807) is 41.9 Å². The van der Waals surface area contributed by atoms with Crippen LogP contribution in [0.2, 0.25) is 0 Å². The Morgan fingerprint density at radius 1 is 1.25 bits per heavy atom. The van der Waals surface area contributed by atoms with E-state index in [4.69, 9.17) is 9.84 Å². The van der Waals surface area contributed by atoms with E-state index in [0.29, 0.717) is 22.7 Å². The van der Waals surface area contributed by atoms with Crippen LogP contribution in [0.25, 0.3) is 0 Å². The predicted octanol–water partition coefficient (Wildman–Crippen LogP) is 1.89. The summed E-state index contributed by atoms with van der Waals surface area (Å²) in [6.45, 7) is 0. The average Bonchev–Trinajstić information content (AvgIpc) is 2.75. The first kappa shape index (κ1) is 13.9. The molecular formula is C15H15NO4. The number of hydrogen-bond acceptors (Lipinski definition) is 3. The van der Waals surface area contributed by atoms with Crippen LogP contribution in [0, 0.1) is 0 Å². The molecule has 0 amide bonds. The largest absolute Gasteiger partial charge is 0.494 e. The number of carbonyl (C=O) groups is 2. The van der Waals surface area contributed by atoms with Crippen LogP contribution in [-0.4, -0.2) is 28.5 Å². The minimum atomic E-state index is -0.952. The molecule has 104 valence electrons. The molecule has 2 aromatic rings. The highest BCUT2D eigenvalue weighted by Crippen LogP contribution is 2.25. The molecule has 2 rings (SSSR count). The maximum absolute atomic E-state index is 12.5. The van der Waals surface area contributed by atoms with E-state index < -0.39 is 5.97 Å². The number of ether oxygens (including phenoxy) is 1. The molecule has 1 N–H and O–H groups in total. The second kappa shape index (κ2) is 5.61. The van der Waals surface area contributed by atoms with Crippen molar-refractivity contribution in [2.24, 2.45) is 7.05 Å². The van der Waals surface area contributed by atoms with Crippen molar-refractivity contribution in [1.82, 2.24) is 4.57 Å². The monoisotopic (exact) mass is 273 g/mol. The number of carboxylic acids is 1. The van der Waals surface area contributed by atoms with Gasteiger partial charge in [0.15, 0.2) is 0 Å². The number of benzene rings is 1. The van der Waals surface area contributed by atoms with E-state index in [2.05, 4.69) is 0 Å². The summed E-state index contributed by atoms with van der Waals surface area (Å²) in [6, 6.07) is 10.4. The Kier molecular flexibility index (Phi) is 3.89. The maximum atomic E-state index is 12.5. The topological polar surface area (TPSA) is 68.5 Å². The number of aliphatic carboxylic acids is 1. The first-order valence-corrected chi connectivity index (χ1v) is 6.08. The molecule has 5 heteroatoms. The summed E-state index contributed by atoms with van der Waals surface area (Å²) in [6.07, 6.45) is -0.158. The van der Waals surface area contributed by atoms with Gasteiger partial charge in [-0.3, -0.25) is 9.59 Å². The van der Waals surface area contributed by atoms with E-state index in [9.17, 15) is 9.59 Å². The molecule has 0 atom stereocenters. The van der Waals surface area contributed by atoms with Gasteiger partial charge in [-0.1, -0.05) is 30.3 Å². The normalized spacial score (nSPS) is 10.3. The van der Waals surface area contributed by atoms with Crippen molar-refractivity contribution >= 4 is 11.8 Å². The van der Waals surface area contributed by atoms with E-state index in [-0.39, 0.29) is 12.2 Å². The number of methoxy groups -OCH3 is 1. The Morgan fingerprint density at radius 3 is 2.45 bits per heavy atom. The molecule has 1 heterocycles. The van der Waals surface area contributed by atoms with Gasteiger partial charge in [-0.2, -0.15) is 0 Å². The van der Waals surface area contributed by atoms with Crippen LogP contribution in [0.1, 0.15) is 21.7 Å². The zero-order valence-corrected chi connectivity index (χ0v) is 11.3. The number of rotatable bonds is 5. The number of carbonyl (C=O) groups excluding carboxylic acids is 1. The SMILES string of the molecule is COc1cc(CC(=O)O)n(C)c1C(=O)c1ccccc1. The van der Waals surface area contributed by atoms with Gasteiger partial charge in [0.2, 0.25) is 5.78 Å². The molecule has 0 fully saturated rings. The average molecular weight is 273 g/mol. The Bertz CT molecular complexity index is 643. The Balaban J connectivity index is 2.48. The Hall–Kier alpha value is -2.56. The summed E-state index contributed by atoms with van der Waals surface area (Å²) in [5, 5.41) is 8.88. The van der Waals surface area contributed by atoms with Gasteiger partial charge in [0.25, 0.3) is 0 Å². The number of aromatic nitrogens is 1. The Morgan fingerprint density at radius 2 is 1.90 bits per heavy atom.